The zero-order valence-corrected chi connectivity index (χ0v) is 17.3. The van der Waals surface area contributed by atoms with E-state index in [1.165, 1.54) is 6.20 Å². The quantitative estimate of drug-likeness (QED) is 0.678. The van der Waals surface area contributed by atoms with E-state index in [4.69, 9.17) is 20.2 Å². The zero-order valence-electron chi connectivity index (χ0n) is 17.3. The lowest BCUT2D eigenvalue weighted by atomic mass is 9.78. The average Bonchev–Trinajstić information content (AvgIpc) is 2.71. The molecule has 10 nitrogen and oxygen atoms in total. The van der Waals surface area contributed by atoms with Gasteiger partial charge in [-0.05, 0) is 0 Å². The Hall–Kier alpha value is -2.99. The van der Waals surface area contributed by atoms with E-state index in [0.717, 1.165) is 13.1 Å². The molecular formula is C20H23F2N7O3. The van der Waals surface area contributed by atoms with Crippen molar-refractivity contribution in [2.45, 2.75) is 12.8 Å². The van der Waals surface area contributed by atoms with Crippen molar-refractivity contribution in [2.75, 3.05) is 62.4 Å². The van der Waals surface area contributed by atoms with Gasteiger partial charge in [-0.2, -0.15) is 4.98 Å². The standard InChI is InChI=1S/C20H23F2N7O3/c21-18(22)17-12(7-24-15(26-17)6-14(23)30)13-5-16(28-1-3-31-4-2-28)27-19(25-13)29-8-20(9-29)10-32-11-20/h5,7,18H,1-4,6,8-11H2,(H2,23,30). The summed E-state index contributed by atoms with van der Waals surface area (Å²) in [5, 5.41) is 0. The van der Waals surface area contributed by atoms with Gasteiger partial charge in [0.25, 0.3) is 6.43 Å². The van der Waals surface area contributed by atoms with Crippen molar-refractivity contribution in [3.8, 4) is 11.3 Å². The monoisotopic (exact) mass is 447 g/mol. The molecule has 3 aliphatic heterocycles. The molecule has 3 aliphatic rings. The number of anilines is 2. The second-order valence-corrected chi connectivity index (χ2v) is 8.39. The molecule has 0 atom stereocenters. The first kappa shape index (κ1) is 20.9. The maximum absolute atomic E-state index is 13.9. The Bertz CT molecular complexity index is 1020. The van der Waals surface area contributed by atoms with E-state index in [0.29, 0.717) is 57.0 Å². The lowest BCUT2D eigenvalue weighted by molar-refractivity contribution is -0.127. The fourth-order valence-corrected chi connectivity index (χ4v) is 4.17. The number of primary amides is 1. The molecule has 0 aromatic carbocycles. The highest BCUT2D eigenvalue weighted by Gasteiger charge is 2.50. The first-order valence-corrected chi connectivity index (χ1v) is 10.4. The summed E-state index contributed by atoms with van der Waals surface area (Å²) < 4.78 is 38.5. The van der Waals surface area contributed by atoms with Crippen LogP contribution in [-0.2, 0) is 20.7 Å². The fourth-order valence-electron chi connectivity index (χ4n) is 4.17. The predicted octanol–water partition coefficient (Wildman–Crippen LogP) is 0.572. The van der Waals surface area contributed by atoms with Crippen LogP contribution < -0.4 is 15.5 Å². The topological polar surface area (TPSA) is 120 Å². The molecule has 1 spiro atoms. The molecule has 2 aromatic rings. The van der Waals surface area contributed by atoms with Crippen molar-refractivity contribution >= 4 is 17.7 Å². The molecule has 12 heteroatoms. The normalized spacial score (nSPS) is 19.7. The summed E-state index contributed by atoms with van der Waals surface area (Å²) in [5.74, 6) is 0.376. The summed E-state index contributed by atoms with van der Waals surface area (Å²) in [6.45, 7) is 5.35. The third kappa shape index (κ3) is 3.95. The van der Waals surface area contributed by atoms with E-state index < -0.39 is 18.0 Å². The Kier molecular flexibility index (Phi) is 5.33. The van der Waals surface area contributed by atoms with Gasteiger partial charge in [-0.1, -0.05) is 0 Å². The van der Waals surface area contributed by atoms with E-state index in [-0.39, 0.29) is 23.2 Å². The number of hydrogen-bond donors (Lipinski definition) is 1. The molecule has 3 saturated heterocycles. The second-order valence-electron chi connectivity index (χ2n) is 8.39. The van der Waals surface area contributed by atoms with Gasteiger partial charge in [-0.3, -0.25) is 4.79 Å². The van der Waals surface area contributed by atoms with Crippen molar-refractivity contribution in [1.82, 2.24) is 19.9 Å². The van der Waals surface area contributed by atoms with Crippen LogP contribution in [0.1, 0.15) is 17.9 Å². The molecular weight excluding hydrogens is 424 g/mol. The molecule has 3 fully saturated rings. The minimum Gasteiger partial charge on any atom is -0.380 e. The minimum absolute atomic E-state index is 0.0473. The molecule has 1 amide bonds. The molecule has 170 valence electrons. The molecule has 0 saturated carbocycles. The van der Waals surface area contributed by atoms with Crippen LogP contribution in [-0.4, -0.2) is 78.4 Å². The maximum Gasteiger partial charge on any atom is 0.281 e. The smallest absolute Gasteiger partial charge is 0.281 e. The lowest BCUT2D eigenvalue weighted by Crippen LogP contribution is -2.66. The lowest BCUT2D eigenvalue weighted by Gasteiger charge is -2.55. The number of alkyl halides is 2. The van der Waals surface area contributed by atoms with Crippen LogP contribution in [0.2, 0.25) is 0 Å². The van der Waals surface area contributed by atoms with Crippen LogP contribution in [0.5, 0.6) is 0 Å². The van der Waals surface area contributed by atoms with Gasteiger partial charge in [0.1, 0.15) is 17.3 Å². The van der Waals surface area contributed by atoms with Gasteiger partial charge in [0.2, 0.25) is 11.9 Å². The van der Waals surface area contributed by atoms with Crippen LogP contribution >= 0.6 is 0 Å². The summed E-state index contributed by atoms with van der Waals surface area (Å²) in [6, 6.07) is 1.68. The van der Waals surface area contributed by atoms with Crippen molar-refractivity contribution in [1.29, 1.82) is 0 Å². The van der Waals surface area contributed by atoms with Gasteiger partial charge in [0, 0.05) is 44.0 Å². The molecule has 5 rings (SSSR count). The largest absolute Gasteiger partial charge is 0.380 e. The average molecular weight is 447 g/mol. The van der Waals surface area contributed by atoms with E-state index in [2.05, 4.69) is 15.0 Å². The number of hydrogen-bond acceptors (Lipinski definition) is 9. The van der Waals surface area contributed by atoms with Crippen molar-refractivity contribution in [3.05, 3.63) is 23.8 Å². The van der Waals surface area contributed by atoms with E-state index >= 15 is 0 Å². The van der Waals surface area contributed by atoms with Crippen LogP contribution in [0.25, 0.3) is 11.3 Å². The van der Waals surface area contributed by atoms with Gasteiger partial charge < -0.3 is 25.0 Å². The molecule has 0 bridgehead atoms. The Morgan fingerprint density at radius 3 is 2.50 bits per heavy atom. The Labute approximate surface area is 182 Å². The van der Waals surface area contributed by atoms with Crippen LogP contribution in [0.15, 0.2) is 12.3 Å². The van der Waals surface area contributed by atoms with E-state index in [1.807, 2.05) is 9.80 Å². The number of nitrogens with zero attached hydrogens (tertiary/aromatic N) is 6. The highest BCUT2D eigenvalue weighted by molar-refractivity contribution is 5.76. The number of rotatable bonds is 6. The minimum atomic E-state index is -2.87. The Balaban J connectivity index is 1.53. The van der Waals surface area contributed by atoms with Gasteiger partial charge >= 0.3 is 0 Å². The van der Waals surface area contributed by atoms with Crippen LogP contribution in [0, 0.1) is 5.41 Å². The van der Waals surface area contributed by atoms with Crippen molar-refractivity contribution in [2.24, 2.45) is 11.1 Å². The number of aromatic nitrogens is 4. The summed E-state index contributed by atoms with van der Waals surface area (Å²) >= 11 is 0. The summed E-state index contributed by atoms with van der Waals surface area (Å²) in [4.78, 5) is 32.5. The number of halogens is 2. The number of carbonyl (C=O) groups excluding carboxylic acids is 1. The first-order valence-electron chi connectivity index (χ1n) is 10.4. The number of morpholine rings is 1. The van der Waals surface area contributed by atoms with Gasteiger partial charge in [-0.25, -0.2) is 23.7 Å². The molecule has 0 radical (unpaired) electrons. The Morgan fingerprint density at radius 1 is 1.12 bits per heavy atom. The highest BCUT2D eigenvalue weighted by atomic mass is 19.3. The predicted molar refractivity (Wildman–Crippen MR) is 109 cm³/mol. The molecule has 2 N–H and O–H groups in total. The number of carbonyl (C=O) groups is 1. The van der Waals surface area contributed by atoms with Gasteiger partial charge in [0.05, 0.1) is 44.0 Å². The first-order chi connectivity index (χ1) is 15.4. The zero-order chi connectivity index (χ0) is 22.3. The SMILES string of the molecule is NC(=O)Cc1ncc(-c2cc(N3CCOCC3)nc(N3CC4(COC4)C3)n2)c(C(F)F)n1. The maximum atomic E-state index is 13.9. The number of nitrogens with two attached hydrogens (primary N) is 1. The Morgan fingerprint density at radius 2 is 1.88 bits per heavy atom. The van der Waals surface area contributed by atoms with Crippen molar-refractivity contribution < 1.29 is 23.0 Å². The third-order valence-electron chi connectivity index (χ3n) is 5.87. The van der Waals surface area contributed by atoms with E-state index in [1.54, 1.807) is 6.07 Å². The molecule has 0 aliphatic carbocycles. The van der Waals surface area contributed by atoms with Crippen LogP contribution in [0.3, 0.4) is 0 Å². The number of ether oxygens (including phenoxy) is 2. The summed E-state index contributed by atoms with van der Waals surface area (Å²) in [5.41, 5.74) is 5.23. The summed E-state index contributed by atoms with van der Waals surface area (Å²) in [6.07, 6.45) is -1.91. The second kappa shape index (κ2) is 8.17. The van der Waals surface area contributed by atoms with Crippen LogP contribution in [0.4, 0.5) is 20.5 Å². The molecule has 32 heavy (non-hydrogen) atoms. The van der Waals surface area contributed by atoms with Crippen molar-refractivity contribution in [3.63, 3.8) is 0 Å². The number of amides is 1. The highest BCUT2D eigenvalue weighted by Crippen LogP contribution is 2.40. The van der Waals surface area contributed by atoms with E-state index in [9.17, 15) is 13.6 Å². The van der Waals surface area contributed by atoms with Gasteiger partial charge in [-0.15, -0.1) is 0 Å². The van der Waals surface area contributed by atoms with Gasteiger partial charge in [0.15, 0.2) is 0 Å². The molecule has 2 aromatic heterocycles. The third-order valence-corrected chi connectivity index (χ3v) is 5.87. The fraction of sp³-hybridized carbons (Fsp3) is 0.550. The summed E-state index contributed by atoms with van der Waals surface area (Å²) in [7, 11) is 0. The molecule has 0 unspecified atom stereocenters. The molecule has 5 heterocycles.